The molecule has 0 spiro atoms. The van der Waals surface area contributed by atoms with Gasteiger partial charge in [-0.05, 0) is 43.5 Å². The van der Waals surface area contributed by atoms with Crippen molar-refractivity contribution in [2.24, 2.45) is 0 Å². The Kier molecular flexibility index (Phi) is 3.24. The van der Waals surface area contributed by atoms with E-state index in [1.807, 2.05) is 30.3 Å². The predicted octanol–water partition coefficient (Wildman–Crippen LogP) is 2.43. The molecule has 3 atom stereocenters. The second-order valence-electron chi connectivity index (χ2n) is 5.74. The van der Waals surface area contributed by atoms with Crippen LogP contribution in [0.3, 0.4) is 0 Å². The predicted molar refractivity (Wildman–Crippen MR) is 83.4 cm³/mol. The maximum absolute atomic E-state index is 12.4. The van der Waals surface area contributed by atoms with Crippen molar-refractivity contribution in [2.45, 2.75) is 37.4 Å². The summed E-state index contributed by atoms with van der Waals surface area (Å²) in [5, 5.41) is 6.72. The minimum absolute atomic E-state index is 0.0431. The molecular weight excluding hydrogens is 282 g/mol. The number of aromatic nitrogens is 1. The van der Waals surface area contributed by atoms with E-state index in [0.717, 1.165) is 21.9 Å². The Balaban J connectivity index is 1.47. The zero-order valence-corrected chi connectivity index (χ0v) is 12.4. The highest BCUT2D eigenvalue weighted by molar-refractivity contribution is 7.17. The van der Waals surface area contributed by atoms with Crippen molar-refractivity contribution >= 4 is 17.2 Å². The third-order valence-electron chi connectivity index (χ3n) is 4.36. The SMILES string of the molecule is O=C(N[C@@H]1C[C@@H]2CC[C@@H]1N2)c1ccc(-c2ccccn2)s1. The Labute approximate surface area is 127 Å². The van der Waals surface area contributed by atoms with Gasteiger partial charge in [-0.25, -0.2) is 0 Å². The molecule has 2 aliphatic rings. The average Bonchev–Trinajstić information content (AvgIpc) is 3.24. The summed E-state index contributed by atoms with van der Waals surface area (Å²) in [7, 11) is 0. The highest BCUT2D eigenvalue weighted by Crippen LogP contribution is 2.30. The van der Waals surface area contributed by atoms with Crippen LogP contribution in [0.15, 0.2) is 36.5 Å². The van der Waals surface area contributed by atoms with Crippen LogP contribution in [-0.4, -0.2) is 29.0 Å². The van der Waals surface area contributed by atoms with E-state index in [-0.39, 0.29) is 11.9 Å². The maximum Gasteiger partial charge on any atom is 0.261 e. The lowest BCUT2D eigenvalue weighted by molar-refractivity contribution is 0.0935. The molecule has 4 rings (SSSR count). The number of hydrogen-bond donors (Lipinski definition) is 2. The van der Waals surface area contributed by atoms with E-state index >= 15 is 0 Å². The highest BCUT2D eigenvalue weighted by atomic mass is 32.1. The number of hydrogen-bond acceptors (Lipinski definition) is 4. The van der Waals surface area contributed by atoms with Gasteiger partial charge in [-0.1, -0.05) is 6.07 Å². The van der Waals surface area contributed by atoms with Crippen LogP contribution in [0, 0.1) is 0 Å². The van der Waals surface area contributed by atoms with E-state index in [1.54, 1.807) is 6.20 Å². The van der Waals surface area contributed by atoms with Crippen LogP contribution in [0.2, 0.25) is 0 Å². The first-order valence-electron chi connectivity index (χ1n) is 7.38. The van der Waals surface area contributed by atoms with E-state index in [2.05, 4.69) is 15.6 Å². The summed E-state index contributed by atoms with van der Waals surface area (Å²) in [5.41, 5.74) is 0.920. The van der Waals surface area contributed by atoms with Crippen molar-refractivity contribution in [3.63, 3.8) is 0 Å². The first-order chi connectivity index (χ1) is 10.3. The Morgan fingerprint density at radius 2 is 2.24 bits per heavy atom. The third kappa shape index (κ3) is 2.47. The monoisotopic (exact) mass is 299 g/mol. The normalized spacial score (nSPS) is 27.0. The van der Waals surface area contributed by atoms with Gasteiger partial charge in [0.25, 0.3) is 5.91 Å². The van der Waals surface area contributed by atoms with Gasteiger partial charge in [-0.2, -0.15) is 0 Å². The summed E-state index contributed by atoms with van der Waals surface area (Å²) in [5.74, 6) is 0.0431. The van der Waals surface area contributed by atoms with Crippen molar-refractivity contribution in [2.75, 3.05) is 0 Å². The van der Waals surface area contributed by atoms with Crippen LogP contribution in [0.1, 0.15) is 28.9 Å². The van der Waals surface area contributed by atoms with Gasteiger partial charge in [0.05, 0.1) is 15.4 Å². The Morgan fingerprint density at radius 1 is 1.29 bits per heavy atom. The second kappa shape index (κ2) is 5.24. The number of rotatable bonds is 3. The van der Waals surface area contributed by atoms with Crippen LogP contribution in [-0.2, 0) is 0 Å². The zero-order chi connectivity index (χ0) is 14.2. The fourth-order valence-corrected chi connectivity index (χ4v) is 4.22. The maximum atomic E-state index is 12.4. The van der Waals surface area contributed by atoms with Crippen molar-refractivity contribution in [3.05, 3.63) is 41.4 Å². The molecule has 4 nitrogen and oxygen atoms in total. The van der Waals surface area contributed by atoms with Gasteiger partial charge in [-0.3, -0.25) is 9.78 Å². The third-order valence-corrected chi connectivity index (χ3v) is 5.47. The topological polar surface area (TPSA) is 54.0 Å². The van der Waals surface area contributed by atoms with Crippen LogP contribution >= 0.6 is 11.3 Å². The van der Waals surface area contributed by atoms with Gasteiger partial charge < -0.3 is 10.6 Å². The molecule has 2 aliphatic heterocycles. The van der Waals surface area contributed by atoms with E-state index < -0.39 is 0 Å². The van der Waals surface area contributed by atoms with E-state index in [0.29, 0.717) is 12.1 Å². The first-order valence-corrected chi connectivity index (χ1v) is 8.19. The molecule has 0 unspecified atom stereocenters. The van der Waals surface area contributed by atoms with Gasteiger partial charge in [0.2, 0.25) is 0 Å². The van der Waals surface area contributed by atoms with Gasteiger partial charge >= 0.3 is 0 Å². The smallest absolute Gasteiger partial charge is 0.261 e. The number of fused-ring (bicyclic) bond motifs is 2. The number of carbonyl (C=O) groups is 1. The van der Waals surface area contributed by atoms with Gasteiger partial charge in [0, 0.05) is 24.3 Å². The number of carbonyl (C=O) groups excluding carboxylic acids is 1. The molecule has 0 radical (unpaired) electrons. The van der Waals surface area contributed by atoms with Crippen molar-refractivity contribution in [1.29, 1.82) is 0 Å². The average molecular weight is 299 g/mol. The number of pyridine rings is 1. The summed E-state index contributed by atoms with van der Waals surface area (Å²) >= 11 is 1.50. The molecule has 2 N–H and O–H groups in total. The lowest BCUT2D eigenvalue weighted by Gasteiger charge is -2.20. The molecule has 2 aromatic heterocycles. The van der Waals surface area contributed by atoms with Crippen molar-refractivity contribution in [1.82, 2.24) is 15.6 Å². The molecule has 21 heavy (non-hydrogen) atoms. The minimum atomic E-state index is 0.0431. The Hall–Kier alpha value is -1.72. The van der Waals surface area contributed by atoms with E-state index in [1.165, 1.54) is 24.2 Å². The summed E-state index contributed by atoms with van der Waals surface area (Å²) in [6.07, 6.45) is 5.27. The van der Waals surface area contributed by atoms with Crippen LogP contribution in [0.4, 0.5) is 0 Å². The summed E-state index contributed by atoms with van der Waals surface area (Å²) in [6.45, 7) is 0. The summed E-state index contributed by atoms with van der Waals surface area (Å²) in [6, 6.07) is 11.0. The molecule has 2 aromatic rings. The Bertz CT molecular complexity index is 655. The summed E-state index contributed by atoms with van der Waals surface area (Å²) in [4.78, 5) is 18.5. The quantitative estimate of drug-likeness (QED) is 0.915. The molecule has 0 aliphatic carbocycles. The lowest BCUT2D eigenvalue weighted by Crippen LogP contribution is -2.42. The molecule has 2 bridgehead atoms. The molecule has 0 aromatic carbocycles. The highest BCUT2D eigenvalue weighted by Gasteiger charge is 2.39. The number of amides is 1. The fourth-order valence-electron chi connectivity index (χ4n) is 3.33. The number of thiophene rings is 1. The zero-order valence-electron chi connectivity index (χ0n) is 11.6. The molecule has 4 heterocycles. The van der Waals surface area contributed by atoms with Crippen molar-refractivity contribution in [3.8, 4) is 10.6 Å². The first kappa shape index (κ1) is 13.0. The number of nitrogens with zero attached hydrogens (tertiary/aromatic N) is 1. The standard InChI is InChI=1S/C16H17N3OS/c20-16(19-13-9-10-4-5-11(13)18-10)15-7-6-14(21-15)12-3-1-2-8-17-12/h1-3,6-8,10-11,13,18H,4-5,9H2,(H,19,20)/t10-,11-,13+/m0/s1. The lowest BCUT2D eigenvalue weighted by atomic mass is 9.95. The van der Waals surface area contributed by atoms with Gasteiger partial charge in [0.15, 0.2) is 0 Å². The number of nitrogens with one attached hydrogen (secondary N) is 2. The Morgan fingerprint density at radius 3 is 2.95 bits per heavy atom. The van der Waals surface area contributed by atoms with E-state index in [4.69, 9.17) is 0 Å². The molecule has 108 valence electrons. The summed E-state index contributed by atoms with van der Waals surface area (Å²) < 4.78 is 0. The molecule has 1 amide bonds. The minimum Gasteiger partial charge on any atom is -0.347 e. The molecule has 5 heteroatoms. The van der Waals surface area contributed by atoms with E-state index in [9.17, 15) is 4.79 Å². The van der Waals surface area contributed by atoms with Crippen LogP contribution in [0.5, 0.6) is 0 Å². The van der Waals surface area contributed by atoms with Crippen molar-refractivity contribution < 1.29 is 4.79 Å². The van der Waals surface area contributed by atoms with Crippen LogP contribution < -0.4 is 10.6 Å². The van der Waals surface area contributed by atoms with Gasteiger partial charge in [-0.15, -0.1) is 11.3 Å². The molecule has 0 saturated carbocycles. The van der Waals surface area contributed by atoms with Crippen LogP contribution in [0.25, 0.3) is 10.6 Å². The molecule has 2 saturated heterocycles. The molecule has 2 fully saturated rings. The fraction of sp³-hybridized carbons (Fsp3) is 0.375. The largest absolute Gasteiger partial charge is 0.347 e. The molecular formula is C16H17N3OS. The second-order valence-corrected chi connectivity index (χ2v) is 6.83. The van der Waals surface area contributed by atoms with Gasteiger partial charge in [0.1, 0.15) is 0 Å².